The first kappa shape index (κ1) is 13.3. The summed E-state index contributed by atoms with van der Waals surface area (Å²) >= 11 is 1.84. The van der Waals surface area contributed by atoms with Gasteiger partial charge in [0.15, 0.2) is 0 Å². The van der Waals surface area contributed by atoms with Crippen LogP contribution >= 0.6 is 11.8 Å². The number of carbonyl (C=O) groups excluding carboxylic acids is 1. The fourth-order valence-corrected chi connectivity index (χ4v) is 2.64. The van der Waals surface area contributed by atoms with E-state index in [1.165, 1.54) is 0 Å². The summed E-state index contributed by atoms with van der Waals surface area (Å²) in [4.78, 5) is 12.2. The Hall–Kier alpha value is -1.10. The van der Waals surface area contributed by atoms with E-state index in [2.05, 4.69) is 12.2 Å². The highest BCUT2D eigenvalue weighted by Crippen LogP contribution is 2.37. The second kappa shape index (κ2) is 5.69. The van der Waals surface area contributed by atoms with Gasteiger partial charge in [0.25, 0.3) is 5.91 Å². The molecule has 1 aromatic heterocycles. The highest BCUT2D eigenvalue weighted by molar-refractivity contribution is 7.99. The van der Waals surface area contributed by atoms with E-state index < -0.39 is 0 Å². The fraction of sp³-hybridized carbons (Fsp3) is 0.615. The number of nitrogens with one attached hydrogen (secondary N) is 1. The molecule has 1 fully saturated rings. The minimum atomic E-state index is -0.0113. The molecule has 1 saturated carbocycles. The third-order valence-corrected chi connectivity index (χ3v) is 4.14. The van der Waals surface area contributed by atoms with Gasteiger partial charge < -0.3 is 15.6 Å². The molecule has 4 nitrogen and oxygen atoms in total. The normalized spacial score (nSPS) is 16.6. The van der Waals surface area contributed by atoms with Crippen LogP contribution in [0.25, 0.3) is 0 Å². The maximum Gasteiger partial charge on any atom is 0.268 e. The molecule has 1 aliphatic rings. The molecule has 1 atom stereocenters. The van der Waals surface area contributed by atoms with Gasteiger partial charge in [-0.25, -0.2) is 0 Å². The van der Waals surface area contributed by atoms with E-state index >= 15 is 0 Å². The molecule has 0 bridgehead atoms. The van der Waals surface area contributed by atoms with Crippen LogP contribution in [0.4, 0.5) is 5.69 Å². The number of aromatic nitrogens is 1. The van der Waals surface area contributed by atoms with E-state index in [1.54, 1.807) is 6.07 Å². The van der Waals surface area contributed by atoms with Gasteiger partial charge in [0.05, 0.1) is 5.69 Å². The Morgan fingerprint density at radius 3 is 3.00 bits per heavy atom. The molecule has 100 valence electrons. The first-order valence-corrected chi connectivity index (χ1v) is 7.63. The van der Waals surface area contributed by atoms with Gasteiger partial charge in [-0.3, -0.25) is 4.79 Å². The van der Waals surface area contributed by atoms with Crippen LogP contribution in [-0.4, -0.2) is 28.0 Å². The Labute approximate surface area is 112 Å². The first-order chi connectivity index (χ1) is 8.61. The maximum atomic E-state index is 12.2. The van der Waals surface area contributed by atoms with Crippen LogP contribution in [0, 0.1) is 0 Å². The molecular weight excluding hydrogens is 246 g/mol. The molecule has 0 aliphatic heterocycles. The number of amides is 1. The summed E-state index contributed by atoms with van der Waals surface area (Å²) in [6.45, 7) is 4.16. The summed E-state index contributed by atoms with van der Waals surface area (Å²) in [5.41, 5.74) is 7.16. The zero-order valence-corrected chi connectivity index (χ0v) is 11.8. The second-order valence-corrected chi connectivity index (χ2v) is 6.15. The van der Waals surface area contributed by atoms with Gasteiger partial charge in [-0.1, -0.05) is 6.92 Å². The number of nitrogens with two attached hydrogens (primary N) is 1. The smallest absolute Gasteiger partial charge is 0.268 e. The highest BCUT2D eigenvalue weighted by atomic mass is 32.2. The summed E-state index contributed by atoms with van der Waals surface area (Å²) in [5, 5.41) is 3.03. The maximum absolute atomic E-state index is 12.2. The third kappa shape index (κ3) is 3.22. The number of nitrogens with zero attached hydrogens (tertiary/aromatic N) is 1. The van der Waals surface area contributed by atoms with E-state index in [0.717, 1.165) is 24.3 Å². The number of anilines is 1. The van der Waals surface area contributed by atoms with Gasteiger partial charge in [-0.2, -0.15) is 11.8 Å². The number of rotatable bonds is 6. The van der Waals surface area contributed by atoms with Crippen LogP contribution in [-0.2, 0) is 0 Å². The molecule has 0 radical (unpaired) electrons. The van der Waals surface area contributed by atoms with Crippen molar-refractivity contribution in [1.82, 2.24) is 9.88 Å². The number of hydrogen-bond donors (Lipinski definition) is 2. The Bertz CT molecular complexity index is 426. The van der Waals surface area contributed by atoms with Gasteiger partial charge in [0.2, 0.25) is 0 Å². The van der Waals surface area contributed by atoms with Crippen molar-refractivity contribution in [2.45, 2.75) is 38.8 Å². The predicted molar refractivity (Wildman–Crippen MR) is 77.0 cm³/mol. The lowest BCUT2D eigenvalue weighted by atomic mass is 10.3. The highest BCUT2D eigenvalue weighted by Gasteiger charge is 2.27. The second-order valence-electron chi connectivity index (χ2n) is 4.83. The molecule has 5 heteroatoms. The van der Waals surface area contributed by atoms with E-state index in [4.69, 9.17) is 5.73 Å². The quantitative estimate of drug-likeness (QED) is 0.831. The molecule has 1 unspecified atom stereocenters. The molecule has 1 aromatic rings. The lowest BCUT2D eigenvalue weighted by molar-refractivity contribution is 0.0934. The Morgan fingerprint density at radius 1 is 1.67 bits per heavy atom. The first-order valence-electron chi connectivity index (χ1n) is 6.47. The van der Waals surface area contributed by atoms with Crippen LogP contribution in [0.15, 0.2) is 12.3 Å². The van der Waals surface area contributed by atoms with Gasteiger partial charge in [0.1, 0.15) is 5.69 Å². The summed E-state index contributed by atoms with van der Waals surface area (Å²) in [6.07, 6.45) is 4.17. The number of thioether (sulfide) groups is 1. The third-order valence-electron chi connectivity index (χ3n) is 2.99. The molecule has 1 amide bonds. The average Bonchev–Trinajstić information content (AvgIpc) is 3.09. The lowest BCUT2D eigenvalue weighted by Gasteiger charge is -2.14. The zero-order chi connectivity index (χ0) is 13.1. The molecule has 3 N–H and O–H groups in total. The van der Waals surface area contributed by atoms with E-state index in [-0.39, 0.29) is 11.9 Å². The number of carbonyl (C=O) groups is 1. The molecular formula is C13H21N3OS. The average molecular weight is 267 g/mol. The van der Waals surface area contributed by atoms with Gasteiger partial charge in [-0.05, 0) is 31.6 Å². The largest absolute Gasteiger partial charge is 0.397 e. The minimum absolute atomic E-state index is 0.0113. The predicted octanol–water partition coefficient (Wildman–Crippen LogP) is 2.28. The molecule has 0 aromatic carbocycles. The van der Waals surface area contributed by atoms with Crippen molar-refractivity contribution in [3.63, 3.8) is 0 Å². The molecule has 0 spiro atoms. The standard InChI is InChI=1S/C13H21N3OS/c1-3-18-8-9(2)15-13(17)12-6-10(14)7-16(12)11-4-5-11/h6-7,9,11H,3-5,8,14H2,1-2H3,(H,15,17). The Morgan fingerprint density at radius 2 is 2.39 bits per heavy atom. The zero-order valence-electron chi connectivity index (χ0n) is 11.0. The van der Waals surface area contributed by atoms with Crippen molar-refractivity contribution in [3.05, 3.63) is 18.0 Å². The minimum Gasteiger partial charge on any atom is -0.397 e. The molecule has 1 heterocycles. The van der Waals surface area contributed by atoms with Crippen LogP contribution in [0.3, 0.4) is 0 Å². The number of hydrogen-bond acceptors (Lipinski definition) is 3. The molecule has 1 aliphatic carbocycles. The van der Waals surface area contributed by atoms with Gasteiger partial charge in [0, 0.05) is 24.0 Å². The van der Waals surface area contributed by atoms with Crippen molar-refractivity contribution in [3.8, 4) is 0 Å². The van der Waals surface area contributed by atoms with Gasteiger partial charge >= 0.3 is 0 Å². The van der Waals surface area contributed by atoms with Crippen LogP contribution < -0.4 is 11.1 Å². The number of nitrogen functional groups attached to an aromatic ring is 1. The monoisotopic (exact) mass is 267 g/mol. The Kier molecular flexibility index (Phi) is 4.22. The van der Waals surface area contributed by atoms with Crippen LogP contribution in [0.5, 0.6) is 0 Å². The van der Waals surface area contributed by atoms with Crippen molar-refractivity contribution in [1.29, 1.82) is 0 Å². The summed E-state index contributed by atoms with van der Waals surface area (Å²) in [5.74, 6) is 2.01. The van der Waals surface area contributed by atoms with Crippen molar-refractivity contribution in [2.75, 3.05) is 17.2 Å². The van der Waals surface area contributed by atoms with Crippen molar-refractivity contribution < 1.29 is 4.79 Å². The van der Waals surface area contributed by atoms with Crippen LogP contribution in [0.2, 0.25) is 0 Å². The van der Waals surface area contributed by atoms with E-state index in [1.807, 2.05) is 29.4 Å². The Balaban J connectivity index is 1.99. The summed E-state index contributed by atoms with van der Waals surface area (Å²) in [7, 11) is 0. The fourth-order valence-electron chi connectivity index (χ4n) is 1.97. The molecule has 2 rings (SSSR count). The SMILES string of the molecule is CCSCC(C)NC(=O)c1cc(N)cn1C1CC1. The van der Waals surface area contributed by atoms with Gasteiger partial charge in [-0.15, -0.1) is 0 Å². The van der Waals surface area contributed by atoms with E-state index in [9.17, 15) is 4.79 Å². The summed E-state index contributed by atoms with van der Waals surface area (Å²) in [6, 6.07) is 2.43. The van der Waals surface area contributed by atoms with Crippen molar-refractivity contribution in [2.24, 2.45) is 0 Å². The topological polar surface area (TPSA) is 60.1 Å². The van der Waals surface area contributed by atoms with Crippen LogP contribution in [0.1, 0.15) is 43.2 Å². The summed E-state index contributed by atoms with van der Waals surface area (Å²) < 4.78 is 2.02. The van der Waals surface area contributed by atoms with Crippen molar-refractivity contribution >= 4 is 23.4 Å². The van der Waals surface area contributed by atoms with E-state index in [0.29, 0.717) is 17.4 Å². The molecule has 0 saturated heterocycles. The lowest BCUT2D eigenvalue weighted by Crippen LogP contribution is -2.35. The molecule has 18 heavy (non-hydrogen) atoms.